The Morgan fingerprint density at radius 3 is 2.55 bits per heavy atom. The minimum atomic E-state index is -4.30. The van der Waals surface area contributed by atoms with Crippen LogP contribution >= 0.6 is 0 Å². The Bertz CT molecular complexity index is 764. The van der Waals surface area contributed by atoms with Crippen LogP contribution in [0.15, 0.2) is 24.3 Å². The highest BCUT2D eigenvalue weighted by Gasteiger charge is 2.30. The Kier molecular flexibility index (Phi) is 6.96. The van der Waals surface area contributed by atoms with Gasteiger partial charge in [-0.05, 0) is 49.9 Å². The maximum Gasteiger partial charge on any atom is 0.416 e. The first-order valence-corrected chi connectivity index (χ1v) is 9.80. The van der Waals surface area contributed by atoms with E-state index >= 15 is 0 Å². The fourth-order valence-corrected chi connectivity index (χ4v) is 3.73. The summed E-state index contributed by atoms with van der Waals surface area (Å²) in [6, 6.07) is 5.65. The molecule has 4 N–H and O–H groups in total. The molecule has 3 rings (SSSR count). The molecule has 2 heterocycles. The lowest BCUT2D eigenvalue weighted by Gasteiger charge is -2.41. The Hall–Kier alpha value is -2.33. The fourth-order valence-electron chi connectivity index (χ4n) is 3.73. The van der Waals surface area contributed by atoms with Gasteiger partial charge in [0.1, 0.15) is 0 Å². The standard InChI is InChI=1S/C19H27F3N6O/c20-19(21,22)15-7-5-14(6-8-15)3-1-9-27-10-11-28(13-16(27)4-2-12-29)18-24-17(23)25-26-18/h5-8,16,29H,1-4,9-13H2,(H3,23,24,25,26). The van der Waals surface area contributed by atoms with Crippen molar-refractivity contribution in [2.24, 2.45) is 0 Å². The molecule has 0 bridgehead atoms. The molecular weight excluding hydrogens is 385 g/mol. The van der Waals surface area contributed by atoms with Gasteiger partial charge < -0.3 is 15.7 Å². The second-order valence-corrected chi connectivity index (χ2v) is 7.32. The van der Waals surface area contributed by atoms with E-state index in [0.29, 0.717) is 12.4 Å². The van der Waals surface area contributed by atoms with Crippen LogP contribution in [0.5, 0.6) is 0 Å². The fraction of sp³-hybridized carbons (Fsp3) is 0.579. The van der Waals surface area contributed by atoms with Gasteiger partial charge in [-0.2, -0.15) is 18.2 Å². The van der Waals surface area contributed by atoms with Crippen LogP contribution in [0.1, 0.15) is 30.4 Å². The number of benzene rings is 1. The summed E-state index contributed by atoms with van der Waals surface area (Å²) in [7, 11) is 0. The third-order valence-electron chi connectivity index (χ3n) is 5.28. The molecule has 1 aliphatic rings. The lowest BCUT2D eigenvalue weighted by Crippen LogP contribution is -2.53. The number of nitrogens with zero attached hydrogens (tertiary/aromatic N) is 4. The first-order valence-electron chi connectivity index (χ1n) is 9.80. The maximum atomic E-state index is 12.7. The predicted octanol–water partition coefficient (Wildman–Crippen LogP) is 2.30. The quantitative estimate of drug-likeness (QED) is 0.616. The highest BCUT2D eigenvalue weighted by Crippen LogP contribution is 2.29. The third kappa shape index (κ3) is 5.83. The zero-order chi connectivity index (χ0) is 20.9. The SMILES string of the molecule is Nc1n[nH]c(N2CCN(CCCc3ccc(C(F)(F)F)cc3)C(CCCO)C2)n1. The van der Waals surface area contributed by atoms with E-state index < -0.39 is 11.7 Å². The molecule has 1 fully saturated rings. The largest absolute Gasteiger partial charge is 0.416 e. The number of anilines is 2. The molecule has 0 spiro atoms. The number of halogens is 3. The summed E-state index contributed by atoms with van der Waals surface area (Å²) in [6.45, 7) is 3.37. The van der Waals surface area contributed by atoms with Crippen LogP contribution in [0.3, 0.4) is 0 Å². The number of H-pyrrole nitrogens is 1. The zero-order valence-electron chi connectivity index (χ0n) is 16.2. The van der Waals surface area contributed by atoms with Gasteiger partial charge in [0.05, 0.1) is 5.56 Å². The number of nitrogen functional groups attached to an aromatic ring is 1. The number of aliphatic hydroxyl groups is 1. The molecule has 0 saturated carbocycles. The normalized spacial score (nSPS) is 18.3. The monoisotopic (exact) mass is 412 g/mol. The van der Waals surface area contributed by atoms with E-state index in [2.05, 4.69) is 25.0 Å². The third-order valence-corrected chi connectivity index (χ3v) is 5.28. The highest BCUT2D eigenvalue weighted by molar-refractivity contribution is 5.35. The second-order valence-electron chi connectivity index (χ2n) is 7.32. The van der Waals surface area contributed by atoms with E-state index in [-0.39, 0.29) is 18.6 Å². The summed E-state index contributed by atoms with van der Waals surface area (Å²) in [5, 5.41) is 15.9. The van der Waals surface area contributed by atoms with E-state index in [4.69, 9.17) is 5.73 Å². The summed E-state index contributed by atoms with van der Waals surface area (Å²) in [5.41, 5.74) is 5.88. The molecule has 29 heavy (non-hydrogen) atoms. The number of rotatable bonds is 8. The van der Waals surface area contributed by atoms with Crippen LogP contribution in [-0.2, 0) is 12.6 Å². The summed E-state index contributed by atoms with van der Waals surface area (Å²) in [5.74, 6) is 0.867. The summed E-state index contributed by atoms with van der Waals surface area (Å²) < 4.78 is 38.0. The maximum absolute atomic E-state index is 12.7. The first kappa shape index (κ1) is 21.4. The molecule has 160 valence electrons. The average Bonchev–Trinajstić information content (AvgIpc) is 3.13. The molecule has 1 unspecified atom stereocenters. The lowest BCUT2D eigenvalue weighted by atomic mass is 10.0. The van der Waals surface area contributed by atoms with E-state index in [1.54, 1.807) is 12.1 Å². The average molecular weight is 412 g/mol. The number of piperazine rings is 1. The Morgan fingerprint density at radius 1 is 1.17 bits per heavy atom. The Balaban J connectivity index is 1.53. The number of hydrogen-bond donors (Lipinski definition) is 3. The van der Waals surface area contributed by atoms with E-state index in [1.807, 2.05) is 0 Å². The van der Waals surface area contributed by atoms with Gasteiger partial charge in [-0.25, -0.2) is 5.10 Å². The lowest BCUT2D eigenvalue weighted by molar-refractivity contribution is -0.137. The van der Waals surface area contributed by atoms with Crippen molar-refractivity contribution in [3.05, 3.63) is 35.4 Å². The van der Waals surface area contributed by atoms with Crippen molar-refractivity contribution in [3.8, 4) is 0 Å². The molecule has 7 nitrogen and oxygen atoms in total. The number of alkyl halides is 3. The highest BCUT2D eigenvalue weighted by atomic mass is 19.4. The van der Waals surface area contributed by atoms with Crippen LogP contribution in [0, 0.1) is 0 Å². The number of aryl methyl sites for hydroxylation is 1. The van der Waals surface area contributed by atoms with E-state index in [0.717, 1.165) is 63.1 Å². The van der Waals surface area contributed by atoms with Gasteiger partial charge in [0.25, 0.3) is 0 Å². The van der Waals surface area contributed by atoms with Gasteiger partial charge in [-0.3, -0.25) is 4.90 Å². The predicted molar refractivity (Wildman–Crippen MR) is 104 cm³/mol. The van der Waals surface area contributed by atoms with Crippen molar-refractivity contribution in [1.82, 2.24) is 20.1 Å². The van der Waals surface area contributed by atoms with Crippen LogP contribution in [0.2, 0.25) is 0 Å². The van der Waals surface area contributed by atoms with Crippen molar-refractivity contribution in [3.63, 3.8) is 0 Å². The number of aliphatic hydroxyl groups excluding tert-OH is 1. The van der Waals surface area contributed by atoms with Crippen molar-refractivity contribution in [1.29, 1.82) is 0 Å². The van der Waals surface area contributed by atoms with E-state index in [9.17, 15) is 18.3 Å². The van der Waals surface area contributed by atoms with Crippen molar-refractivity contribution in [2.45, 2.75) is 37.9 Å². The minimum Gasteiger partial charge on any atom is -0.396 e. The molecule has 1 saturated heterocycles. The van der Waals surface area contributed by atoms with Gasteiger partial charge in [0, 0.05) is 32.3 Å². The van der Waals surface area contributed by atoms with Gasteiger partial charge >= 0.3 is 6.18 Å². The van der Waals surface area contributed by atoms with Crippen LogP contribution in [0.4, 0.5) is 25.1 Å². The van der Waals surface area contributed by atoms with E-state index in [1.165, 1.54) is 0 Å². The smallest absolute Gasteiger partial charge is 0.396 e. The molecule has 0 amide bonds. The molecule has 0 radical (unpaired) electrons. The number of nitrogens with one attached hydrogen (secondary N) is 1. The molecular formula is C19H27F3N6O. The summed E-state index contributed by atoms with van der Waals surface area (Å²) in [4.78, 5) is 8.68. The zero-order valence-corrected chi connectivity index (χ0v) is 16.2. The van der Waals surface area contributed by atoms with Gasteiger partial charge in [0.15, 0.2) is 0 Å². The van der Waals surface area contributed by atoms with Crippen molar-refractivity contribution >= 4 is 11.9 Å². The molecule has 10 heteroatoms. The van der Waals surface area contributed by atoms with Crippen LogP contribution in [-0.4, -0.2) is 64.0 Å². The van der Waals surface area contributed by atoms with Crippen LogP contribution < -0.4 is 10.6 Å². The Morgan fingerprint density at radius 2 is 1.93 bits per heavy atom. The Labute approximate surface area is 167 Å². The molecule has 0 aliphatic carbocycles. The minimum absolute atomic E-state index is 0.144. The number of aromatic nitrogens is 3. The van der Waals surface area contributed by atoms with Gasteiger partial charge in [0.2, 0.25) is 11.9 Å². The number of hydrogen-bond acceptors (Lipinski definition) is 6. The molecule has 1 aromatic carbocycles. The number of aromatic amines is 1. The molecule has 1 aliphatic heterocycles. The summed E-state index contributed by atoms with van der Waals surface area (Å²) >= 11 is 0. The molecule has 1 atom stereocenters. The number of nitrogens with two attached hydrogens (primary N) is 1. The summed E-state index contributed by atoms with van der Waals surface area (Å²) in [6.07, 6.45) is -1.14. The van der Waals surface area contributed by atoms with Crippen LogP contribution in [0.25, 0.3) is 0 Å². The van der Waals surface area contributed by atoms with Crippen molar-refractivity contribution < 1.29 is 18.3 Å². The first-order chi connectivity index (χ1) is 13.9. The van der Waals surface area contributed by atoms with Gasteiger partial charge in [-0.15, -0.1) is 5.10 Å². The topological polar surface area (TPSA) is 94.3 Å². The van der Waals surface area contributed by atoms with Gasteiger partial charge in [-0.1, -0.05) is 12.1 Å². The molecule has 2 aromatic rings. The molecule has 1 aromatic heterocycles. The second kappa shape index (κ2) is 9.45. The van der Waals surface area contributed by atoms with Crippen molar-refractivity contribution in [2.75, 3.05) is 43.4 Å².